The minimum absolute atomic E-state index is 0.280. The Kier molecular flexibility index (Phi) is 5.11. The van der Waals surface area contributed by atoms with Gasteiger partial charge in [0, 0.05) is 35.5 Å². The Morgan fingerprint density at radius 1 is 1.13 bits per heavy atom. The molecule has 0 atom stereocenters. The van der Waals surface area contributed by atoms with E-state index in [1.807, 2.05) is 6.92 Å². The molecule has 3 aromatic heterocycles. The zero-order valence-electron chi connectivity index (χ0n) is 21.0. The summed E-state index contributed by atoms with van der Waals surface area (Å²) in [5, 5.41) is 3.89. The van der Waals surface area contributed by atoms with Crippen molar-refractivity contribution in [1.82, 2.24) is 19.5 Å². The molecule has 1 aliphatic heterocycles. The number of H-pyrrole nitrogens is 1. The van der Waals surface area contributed by atoms with Crippen LogP contribution in [0.4, 0.5) is 4.39 Å². The first-order valence-electron chi connectivity index (χ1n) is 12.7. The lowest BCUT2D eigenvalue weighted by Crippen LogP contribution is -2.02. The third-order valence-corrected chi connectivity index (χ3v) is 7.58. The molecule has 0 unspecified atom stereocenters. The second kappa shape index (κ2) is 8.55. The van der Waals surface area contributed by atoms with Crippen LogP contribution in [0.25, 0.3) is 16.8 Å². The topological polar surface area (TPSA) is 85.4 Å². The highest BCUT2D eigenvalue weighted by molar-refractivity contribution is 5.99. The summed E-state index contributed by atoms with van der Waals surface area (Å²) >= 11 is 0. The number of aromatic amines is 1. The van der Waals surface area contributed by atoms with Crippen LogP contribution in [-0.2, 0) is 13.0 Å². The molecule has 2 aliphatic rings. The van der Waals surface area contributed by atoms with Gasteiger partial charge in [-0.1, -0.05) is 23.4 Å². The van der Waals surface area contributed by atoms with E-state index in [9.17, 15) is 9.18 Å². The van der Waals surface area contributed by atoms with Crippen molar-refractivity contribution in [3.05, 3.63) is 116 Å². The molecule has 5 aromatic rings. The second-order valence-corrected chi connectivity index (χ2v) is 10.1. The van der Waals surface area contributed by atoms with Crippen molar-refractivity contribution in [2.75, 3.05) is 0 Å². The number of fused-ring (bicyclic) bond motifs is 3. The van der Waals surface area contributed by atoms with Gasteiger partial charge in [0.15, 0.2) is 5.82 Å². The lowest BCUT2D eigenvalue weighted by atomic mass is 9.89. The fraction of sp³-hybridized carbons (Fsp3) is 0.233. The summed E-state index contributed by atoms with van der Waals surface area (Å²) in [7, 11) is 0. The molecule has 0 amide bonds. The van der Waals surface area contributed by atoms with Crippen LogP contribution in [0.2, 0.25) is 0 Å². The minimum atomic E-state index is -0.632. The number of rotatable bonds is 4. The van der Waals surface area contributed by atoms with Crippen molar-refractivity contribution in [3.63, 3.8) is 0 Å². The zero-order valence-corrected chi connectivity index (χ0v) is 21.0. The molecule has 1 N–H and O–H groups in total. The fourth-order valence-corrected chi connectivity index (χ4v) is 5.46. The van der Waals surface area contributed by atoms with Gasteiger partial charge in [-0.15, -0.1) is 0 Å². The molecule has 1 fully saturated rings. The number of nitrogens with zero attached hydrogens (tertiary/aromatic N) is 3. The van der Waals surface area contributed by atoms with Crippen LogP contribution < -0.4 is 10.5 Å². The highest BCUT2D eigenvalue weighted by Crippen LogP contribution is 2.42. The summed E-state index contributed by atoms with van der Waals surface area (Å²) < 4.78 is 27.2. The number of imidazole rings is 1. The summed E-state index contributed by atoms with van der Waals surface area (Å²) in [5.74, 6) is 0.433. The number of benzene rings is 2. The first kappa shape index (κ1) is 22.7. The van der Waals surface area contributed by atoms with E-state index in [1.54, 1.807) is 6.07 Å². The van der Waals surface area contributed by atoms with Crippen LogP contribution >= 0.6 is 0 Å². The molecule has 7 rings (SSSR count). The molecule has 0 bridgehead atoms. The number of allylic oxidation sites excluding steroid dienone is 1. The standard InChI is InChI=1S/C30H25FN4O3/c1-16(29-33-30(36)38-34-29)28-23-7-3-18(11-21(23)15-37-26-14-22(31)6-8-24(26)28)12-25-17(2)32-27-13-20(19-4-5-19)9-10-35(25)27/h3,6-11,13-14,19H,4-5,12,15H2,1-2H3,(H,33,34,36). The molecule has 2 aromatic carbocycles. The Hall–Kier alpha value is -4.46. The maximum Gasteiger partial charge on any atom is 0.439 e. The quantitative estimate of drug-likeness (QED) is 0.332. The number of nitrogens with one attached hydrogen (secondary N) is 1. The first-order chi connectivity index (χ1) is 18.4. The Morgan fingerprint density at radius 2 is 1.97 bits per heavy atom. The van der Waals surface area contributed by atoms with Gasteiger partial charge >= 0.3 is 5.76 Å². The van der Waals surface area contributed by atoms with Gasteiger partial charge in [-0.05, 0) is 84.7 Å². The number of pyridine rings is 1. The Morgan fingerprint density at radius 3 is 2.76 bits per heavy atom. The van der Waals surface area contributed by atoms with E-state index in [2.05, 4.69) is 58.0 Å². The summed E-state index contributed by atoms with van der Waals surface area (Å²) in [4.78, 5) is 19.1. The van der Waals surface area contributed by atoms with Crippen LogP contribution in [0.1, 0.15) is 70.7 Å². The molecule has 8 heteroatoms. The van der Waals surface area contributed by atoms with Gasteiger partial charge in [0.2, 0.25) is 0 Å². The predicted octanol–water partition coefficient (Wildman–Crippen LogP) is 5.80. The zero-order chi connectivity index (χ0) is 26.0. The van der Waals surface area contributed by atoms with E-state index < -0.39 is 5.76 Å². The van der Waals surface area contributed by atoms with Crippen molar-refractivity contribution in [3.8, 4) is 5.75 Å². The minimum Gasteiger partial charge on any atom is -0.488 e. The Labute approximate surface area is 217 Å². The maximum atomic E-state index is 14.1. The van der Waals surface area contributed by atoms with E-state index >= 15 is 0 Å². The lowest BCUT2D eigenvalue weighted by molar-refractivity contribution is 0.305. The van der Waals surface area contributed by atoms with Crippen molar-refractivity contribution >= 4 is 16.8 Å². The molecular formula is C30H25FN4O3. The predicted molar refractivity (Wildman–Crippen MR) is 141 cm³/mol. The number of ether oxygens (including phenoxy) is 1. The highest BCUT2D eigenvalue weighted by atomic mass is 19.1. The average Bonchev–Trinajstić information content (AvgIpc) is 3.63. The SMILES string of the molecule is CC(=C1c2ccc(Cc3c(C)nc4cc(C5CC5)ccn34)cc2COc2cc(F)ccc21)c1noc(=O)[nH]1. The van der Waals surface area contributed by atoms with Gasteiger partial charge in [0.05, 0.1) is 5.69 Å². The molecule has 0 spiro atoms. The van der Waals surface area contributed by atoms with Crippen molar-refractivity contribution in [1.29, 1.82) is 0 Å². The Balaban J connectivity index is 1.32. The summed E-state index contributed by atoms with van der Waals surface area (Å²) in [6, 6.07) is 15.2. The van der Waals surface area contributed by atoms with Gasteiger partial charge in [0.1, 0.15) is 23.8 Å². The maximum absolute atomic E-state index is 14.1. The van der Waals surface area contributed by atoms with Crippen LogP contribution in [0.3, 0.4) is 0 Å². The van der Waals surface area contributed by atoms with E-state index in [0.717, 1.165) is 44.9 Å². The molecule has 1 aliphatic carbocycles. The van der Waals surface area contributed by atoms with Crippen molar-refractivity contribution in [2.45, 2.75) is 45.6 Å². The fourth-order valence-electron chi connectivity index (χ4n) is 5.46. The normalized spacial score (nSPS) is 16.1. The first-order valence-corrected chi connectivity index (χ1v) is 12.7. The molecule has 7 nitrogen and oxygen atoms in total. The summed E-state index contributed by atoms with van der Waals surface area (Å²) in [6.07, 6.45) is 5.37. The number of halogens is 1. The molecule has 190 valence electrons. The van der Waals surface area contributed by atoms with E-state index in [4.69, 9.17) is 14.2 Å². The molecule has 0 radical (unpaired) electrons. The number of aryl methyl sites for hydroxylation is 1. The van der Waals surface area contributed by atoms with Crippen LogP contribution in [0.5, 0.6) is 5.75 Å². The van der Waals surface area contributed by atoms with Crippen LogP contribution in [-0.4, -0.2) is 19.5 Å². The molecule has 38 heavy (non-hydrogen) atoms. The van der Waals surface area contributed by atoms with Gasteiger partial charge < -0.3 is 9.14 Å². The molecule has 4 heterocycles. The number of aromatic nitrogens is 4. The summed E-state index contributed by atoms with van der Waals surface area (Å²) in [5.41, 5.74) is 9.76. The largest absolute Gasteiger partial charge is 0.488 e. The summed E-state index contributed by atoms with van der Waals surface area (Å²) in [6.45, 7) is 4.19. The van der Waals surface area contributed by atoms with Gasteiger partial charge in [-0.2, -0.15) is 0 Å². The Bertz CT molecular complexity index is 1820. The average molecular weight is 509 g/mol. The highest BCUT2D eigenvalue weighted by Gasteiger charge is 2.26. The van der Waals surface area contributed by atoms with E-state index in [1.165, 1.54) is 30.5 Å². The van der Waals surface area contributed by atoms with Gasteiger partial charge in [0.25, 0.3) is 0 Å². The molecular weight excluding hydrogens is 483 g/mol. The molecule has 0 saturated heterocycles. The van der Waals surface area contributed by atoms with Crippen molar-refractivity contribution < 1.29 is 13.7 Å². The van der Waals surface area contributed by atoms with E-state index in [-0.39, 0.29) is 12.4 Å². The third kappa shape index (κ3) is 3.84. The van der Waals surface area contributed by atoms with Crippen molar-refractivity contribution in [2.24, 2.45) is 0 Å². The smallest absolute Gasteiger partial charge is 0.439 e. The lowest BCUT2D eigenvalue weighted by Gasteiger charge is -2.14. The van der Waals surface area contributed by atoms with Crippen LogP contribution in [0.15, 0.2) is 64.0 Å². The van der Waals surface area contributed by atoms with Crippen LogP contribution in [0, 0.1) is 12.7 Å². The van der Waals surface area contributed by atoms with Gasteiger partial charge in [-0.3, -0.25) is 9.51 Å². The van der Waals surface area contributed by atoms with E-state index in [0.29, 0.717) is 29.5 Å². The second-order valence-electron chi connectivity index (χ2n) is 10.1. The monoisotopic (exact) mass is 508 g/mol. The third-order valence-electron chi connectivity index (χ3n) is 7.58. The number of hydrogen-bond donors (Lipinski definition) is 1. The number of hydrogen-bond acceptors (Lipinski definition) is 5. The molecule has 1 saturated carbocycles. The van der Waals surface area contributed by atoms with Gasteiger partial charge in [-0.25, -0.2) is 14.2 Å².